The van der Waals surface area contributed by atoms with Crippen LogP contribution in [0.1, 0.15) is 30.0 Å². The Bertz CT molecular complexity index is 1250. The first-order valence-corrected chi connectivity index (χ1v) is 11.2. The first kappa shape index (κ1) is 22.6. The van der Waals surface area contributed by atoms with Crippen LogP contribution in [0.4, 0.5) is 11.4 Å². The van der Waals surface area contributed by atoms with Crippen LogP contribution in [-0.4, -0.2) is 18.4 Å². The molecule has 5 nitrogen and oxygen atoms in total. The first-order chi connectivity index (χ1) is 15.9. The van der Waals surface area contributed by atoms with Crippen molar-refractivity contribution < 1.29 is 14.3 Å². The van der Waals surface area contributed by atoms with Gasteiger partial charge in [-0.2, -0.15) is 0 Å². The Morgan fingerprint density at radius 2 is 1.70 bits per heavy atom. The zero-order valence-electron chi connectivity index (χ0n) is 18.8. The number of hydrogen-bond acceptors (Lipinski definition) is 4. The molecular formula is C27H25ClN2O3. The zero-order chi connectivity index (χ0) is 23.5. The van der Waals surface area contributed by atoms with E-state index in [1.165, 1.54) is 4.90 Å². The number of anilines is 2. The normalized spacial score (nSPS) is 13.6. The summed E-state index contributed by atoms with van der Waals surface area (Å²) in [6.45, 7) is 6.57. The Kier molecular flexibility index (Phi) is 6.52. The SMILES string of the molecule is CCCOc1cccc(NC2=C(c3ccc(C)cc3C)C(=O)N(c3ccc(Cl)cc3)C2=O)c1. The quantitative estimate of drug-likeness (QED) is 0.430. The molecule has 1 heterocycles. The van der Waals surface area contributed by atoms with Crippen molar-refractivity contribution in [3.8, 4) is 5.75 Å². The van der Waals surface area contributed by atoms with Gasteiger partial charge in [-0.05, 0) is 67.8 Å². The van der Waals surface area contributed by atoms with Gasteiger partial charge in [0.2, 0.25) is 0 Å². The van der Waals surface area contributed by atoms with Crippen LogP contribution in [0.15, 0.2) is 72.4 Å². The van der Waals surface area contributed by atoms with Crippen LogP contribution in [0.5, 0.6) is 5.75 Å². The minimum Gasteiger partial charge on any atom is -0.494 e. The minimum atomic E-state index is -0.419. The van der Waals surface area contributed by atoms with Crippen LogP contribution in [0.2, 0.25) is 5.02 Å². The molecule has 0 aromatic heterocycles. The molecule has 3 aromatic rings. The summed E-state index contributed by atoms with van der Waals surface area (Å²) in [4.78, 5) is 28.3. The maximum Gasteiger partial charge on any atom is 0.282 e. The molecule has 0 saturated heterocycles. The van der Waals surface area contributed by atoms with E-state index >= 15 is 0 Å². The number of imide groups is 1. The van der Waals surface area contributed by atoms with Gasteiger partial charge < -0.3 is 10.1 Å². The highest BCUT2D eigenvalue weighted by Gasteiger charge is 2.40. The minimum absolute atomic E-state index is 0.231. The van der Waals surface area contributed by atoms with Crippen molar-refractivity contribution in [2.45, 2.75) is 27.2 Å². The van der Waals surface area contributed by atoms with Gasteiger partial charge in [0.1, 0.15) is 11.4 Å². The fourth-order valence-corrected chi connectivity index (χ4v) is 3.97. The van der Waals surface area contributed by atoms with Crippen molar-refractivity contribution in [2.75, 3.05) is 16.8 Å². The van der Waals surface area contributed by atoms with Gasteiger partial charge in [-0.15, -0.1) is 0 Å². The second-order valence-corrected chi connectivity index (χ2v) is 8.43. The number of halogens is 1. The van der Waals surface area contributed by atoms with E-state index < -0.39 is 5.91 Å². The Morgan fingerprint density at radius 1 is 0.939 bits per heavy atom. The molecule has 168 valence electrons. The van der Waals surface area contributed by atoms with Gasteiger partial charge in [0.15, 0.2) is 0 Å². The number of ether oxygens (including phenoxy) is 1. The largest absolute Gasteiger partial charge is 0.494 e. The summed E-state index contributed by atoms with van der Waals surface area (Å²) in [5.41, 5.74) is 4.42. The third-order valence-electron chi connectivity index (χ3n) is 5.40. The topological polar surface area (TPSA) is 58.6 Å². The number of nitrogens with zero attached hydrogens (tertiary/aromatic N) is 1. The molecule has 0 fully saturated rings. The van der Waals surface area contributed by atoms with Gasteiger partial charge in [-0.1, -0.05) is 48.4 Å². The van der Waals surface area contributed by atoms with E-state index in [2.05, 4.69) is 5.32 Å². The van der Waals surface area contributed by atoms with E-state index in [1.54, 1.807) is 24.3 Å². The number of hydrogen-bond donors (Lipinski definition) is 1. The van der Waals surface area contributed by atoms with Crippen LogP contribution < -0.4 is 15.0 Å². The zero-order valence-corrected chi connectivity index (χ0v) is 19.6. The number of benzene rings is 3. The summed E-state index contributed by atoms with van der Waals surface area (Å²) in [6, 6.07) is 19.9. The molecule has 0 atom stereocenters. The van der Waals surface area contributed by atoms with Gasteiger partial charge in [-0.3, -0.25) is 9.59 Å². The Labute approximate surface area is 198 Å². The number of carbonyl (C=O) groups is 2. The second-order valence-electron chi connectivity index (χ2n) is 7.99. The molecule has 6 heteroatoms. The van der Waals surface area contributed by atoms with E-state index in [9.17, 15) is 9.59 Å². The van der Waals surface area contributed by atoms with Gasteiger partial charge in [-0.25, -0.2) is 4.90 Å². The molecule has 0 saturated carbocycles. The molecule has 0 spiro atoms. The summed E-state index contributed by atoms with van der Waals surface area (Å²) in [5, 5.41) is 3.73. The molecule has 0 aliphatic carbocycles. The summed E-state index contributed by atoms with van der Waals surface area (Å²) in [6.07, 6.45) is 0.892. The van der Waals surface area contributed by atoms with Crippen LogP contribution in [0.25, 0.3) is 5.57 Å². The number of aryl methyl sites for hydroxylation is 2. The lowest BCUT2D eigenvalue weighted by Crippen LogP contribution is -2.32. The fourth-order valence-electron chi connectivity index (χ4n) is 3.84. The van der Waals surface area contributed by atoms with E-state index in [0.717, 1.165) is 23.1 Å². The van der Waals surface area contributed by atoms with Crippen molar-refractivity contribution in [3.05, 3.63) is 94.1 Å². The van der Waals surface area contributed by atoms with Crippen molar-refractivity contribution in [1.82, 2.24) is 0 Å². The van der Waals surface area contributed by atoms with Crippen molar-refractivity contribution >= 4 is 40.4 Å². The molecule has 0 unspecified atom stereocenters. The highest BCUT2D eigenvalue weighted by molar-refractivity contribution is 6.46. The average Bonchev–Trinajstić information content (AvgIpc) is 3.03. The van der Waals surface area contributed by atoms with E-state index in [4.69, 9.17) is 16.3 Å². The lowest BCUT2D eigenvalue weighted by Gasteiger charge is -2.16. The molecule has 2 amide bonds. The fraction of sp³-hybridized carbons (Fsp3) is 0.185. The Morgan fingerprint density at radius 3 is 2.39 bits per heavy atom. The monoisotopic (exact) mass is 460 g/mol. The molecule has 0 radical (unpaired) electrons. The smallest absolute Gasteiger partial charge is 0.282 e. The van der Waals surface area contributed by atoms with E-state index in [1.807, 2.05) is 63.2 Å². The molecule has 3 aromatic carbocycles. The lowest BCUT2D eigenvalue weighted by molar-refractivity contribution is -0.120. The van der Waals surface area contributed by atoms with Crippen molar-refractivity contribution in [2.24, 2.45) is 0 Å². The summed E-state index contributed by atoms with van der Waals surface area (Å²) >= 11 is 6.02. The lowest BCUT2D eigenvalue weighted by atomic mass is 9.97. The molecule has 33 heavy (non-hydrogen) atoms. The molecule has 1 aliphatic heterocycles. The Balaban J connectivity index is 1.79. The standard InChI is InChI=1S/C27H25ClN2O3/c1-4-14-33-22-7-5-6-20(16-22)29-25-24(23-13-8-17(2)15-18(23)3)26(31)30(27(25)32)21-11-9-19(28)10-12-21/h5-13,15-16,29H,4,14H2,1-3H3. The van der Waals surface area contributed by atoms with Crippen LogP contribution in [-0.2, 0) is 9.59 Å². The van der Waals surface area contributed by atoms with Crippen molar-refractivity contribution in [3.63, 3.8) is 0 Å². The molecule has 1 aliphatic rings. The predicted molar refractivity (Wildman–Crippen MR) is 133 cm³/mol. The number of carbonyl (C=O) groups excluding carboxylic acids is 2. The molecule has 1 N–H and O–H groups in total. The van der Waals surface area contributed by atoms with Gasteiger partial charge in [0.25, 0.3) is 11.8 Å². The van der Waals surface area contributed by atoms with Gasteiger partial charge >= 0.3 is 0 Å². The van der Waals surface area contributed by atoms with Crippen molar-refractivity contribution in [1.29, 1.82) is 0 Å². The molecule has 4 rings (SSSR count). The maximum atomic E-state index is 13.6. The number of amides is 2. The summed E-state index contributed by atoms with van der Waals surface area (Å²) in [7, 11) is 0. The molecule has 0 bridgehead atoms. The number of nitrogens with one attached hydrogen (secondary N) is 1. The van der Waals surface area contributed by atoms with Crippen LogP contribution in [0, 0.1) is 13.8 Å². The third-order valence-corrected chi connectivity index (χ3v) is 5.65. The van der Waals surface area contributed by atoms with Crippen LogP contribution in [0.3, 0.4) is 0 Å². The Hall–Kier alpha value is -3.57. The molecular weight excluding hydrogens is 436 g/mol. The highest BCUT2D eigenvalue weighted by atomic mass is 35.5. The third kappa shape index (κ3) is 4.64. The van der Waals surface area contributed by atoms with Gasteiger partial charge in [0.05, 0.1) is 17.9 Å². The van der Waals surface area contributed by atoms with Gasteiger partial charge in [0, 0.05) is 16.8 Å². The highest BCUT2D eigenvalue weighted by Crippen LogP contribution is 2.36. The van der Waals surface area contributed by atoms with Crippen LogP contribution >= 0.6 is 11.6 Å². The summed E-state index contributed by atoms with van der Waals surface area (Å²) in [5.74, 6) is -0.103. The predicted octanol–water partition coefficient (Wildman–Crippen LogP) is 6.14. The first-order valence-electron chi connectivity index (χ1n) is 10.8. The second kappa shape index (κ2) is 9.51. The van der Waals surface area contributed by atoms with E-state index in [0.29, 0.717) is 34.3 Å². The van der Waals surface area contributed by atoms with E-state index in [-0.39, 0.29) is 11.6 Å². The summed E-state index contributed by atoms with van der Waals surface area (Å²) < 4.78 is 5.72. The number of rotatable bonds is 7. The maximum absolute atomic E-state index is 13.6. The average molecular weight is 461 g/mol.